The molecule has 3 heteroatoms. The SMILES string of the molecule is CC(CC(=O)N1CC2CNCC2C1)CC(C)(C)C. The minimum atomic E-state index is 0.325. The van der Waals surface area contributed by atoms with Gasteiger partial charge in [0.1, 0.15) is 0 Å². The summed E-state index contributed by atoms with van der Waals surface area (Å²) in [4.78, 5) is 14.4. The van der Waals surface area contributed by atoms with Crippen molar-refractivity contribution >= 4 is 5.91 Å². The lowest BCUT2D eigenvalue weighted by Gasteiger charge is -2.25. The molecule has 1 N–H and O–H groups in total. The zero-order valence-corrected chi connectivity index (χ0v) is 12.3. The standard InChI is InChI=1S/C15H28N2O/c1-11(6-15(2,3)4)5-14(18)17-9-12-7-16-8-13(12)10-17/h11-13,16H,5-10H2,1-4H3. The van der Waals surface area contributed by atoms with Crippen molar-refractivity contribution in [3.05, 3.63) is 0 Å². The molecule has 3 unspecified atom stereocenters. The van der Waals surface area contributed by atoms with E-state index in [1.54, 1.807) is 0 Å². The van der Waals surface area contributed by atoms with E-state index < -0.39 is 0 Å². The maximum absolute atomic E-state index is 12.3. The van der Waals surface area contributed by atoms with Crippen LogP contribution < -0.4 is 5.32 Å². The zero-order valence-electron chi connectivity index (χ0n) is 12.3. The predicted octanol–water partition coefficient (Wildman–Crippen LogP) is 2.13. The van der Waals surface area contributed by atoms with Crippen LogP contribution in [-0.4, -0.2) is 37.0 Å². The van der Waals surface area contributed by atoms with Crippen molar-refractivity contribution < 1.29 is 4.79 Å². The van der Waals surface area contributed by atoms with Gasteiger partial charge < -0.3 is 10.2 Å². The van der Waals surface area contributed by atoms with Gasteiger partial charge in [0.15, 0.2) is 0 Å². The molecule has 0 aliphatic carbocycles. The van der Waals surface area contributed by atoms with Crippen molar-refractivity contribution in [2.75, 3.05) is 26.2 Å². The van der Waals surface area contributed by atoms with E-state index in [0.29, 0.717) is 29.1 Å². The van der Waals surface area contributed by atoms with Crippen molar-refractivity contribution in [1.82, 2.24) is 10.2 Å². The molecule has 2 heterocycles. The molecular formula is C15H28N2O. The second-order valence-electron chi connectivity index (χ2n) is 7.55. The molecule has 0 aromatic heterocycles. The normalized spacial score (nSPS) is 29.4. The molecule has 2 fully saturated rings. The smallest absolute Gasteiger partial charge is 0.222 e. The fraction of sp³-hybridized carbons (Fsp3) is 0.933. The lowest BCUT2D eigenvalue weighted by Crippen LogP contribution is -2.33. The summed E-state index contributed by atoms with van der Waals surface area (Å²) in [6, 6.07) is 0. The highest BCUT2D eigenvalue weighted by molar-refractivity contribution is 5.76. The lowest BCUT2D eigenvalue weighted by atomic mass is 9.84. The number of hydrogen-bond acceptors (Lipinski definition) is 2. The van der Waals surface area contributed by atoms with Crippen molar-refractivity contribution in [2.45, 2.75) is 40.5 Å². The molecule has 18 heavy (non-hydrogen) atoms. The Morgan fingerprint density at radius 2 is 1.83 bits per heavy atom. The molecule has 104 valence electrons. The minimum absolute atomic E-state index is 0.325. The van der Waals surface area contributed by atoms with Gasteiger partial charge in [-0.2, -0.15) is 0 Å². The van der Waals surface area contributed by atoms with Crippen LogP contribution in [0.4, 0.5) is 0 Å². The second kappa shape index (κ2) is 5.20. The van der Waals surface area contributed by atoms with Crippen LogP contribution in [0.15, 0.2) is 0 Å². The molecule has 3 nitrogen and oxygen atoms in total. The number of rotatable bonds is 3. The number of likely N-dealkylation sites (tertiary alicyclic amines) is 1. The van der Waals surface area contributed by atoms with Gasteiger partial charge >= 0.3 is 0 Å². The first-order valence-corrected chi connectivity index (χ1v) is 7.33. The number of fused-ring (bicyclic) bond motifs is 1. The van der Waals surface area contributed by atoms with E-state index in [-0.39, 0.29) is 0 Å². The van der Waals surface area contributed by atoms with Gasteiger partial charge in [-0.05, 0) is 29.6 Å². The Morgan fingerprint density at radius 1 is 1.28 bits per heavy atom. The fourth-order valence-corrected chi connectivity index (χ4v) is 3.60. The number of carbonyl (C=O) groups is 1. The van der Waals surface area contributed by atoms with E-state index in [9.17, 15) is 4.79 Å². The Kier molecular flexibility index (Phi) is 4.00. The van der Waals surface area contributed by atoms with Crippen molar-refractivity contribution in [2.24, 2.45) is 23.2 Å². The highest BCUT2D eigenvalue weighted by atomic mass is 16.2. The van der Waals surface area contributed by atoms with Crippen LogP contribution in [0.5, 0.6) is 0 Å². The Bertz CT molecular complexity index is 296. The van der Waals surface area contributed by atoms with E-state index in [2.05, 4.69) is 37.9 Å². The summed E-state index contributed by atoms with van der Waals surface area (Å²) in [5, 5.41) is 3.42. The zero-order chi connectivity index (χ0) is 13.3. The third kappa shape index (κ3) is 3.47. The highest BCUT2D eigenvalue weighted by Gasteiger charge is 2.38. The van der Waals surface area contributed by atoms with Crippen LogP contribution >= 0.6 is 0 Å². The van der Waals surface area contributed by atoms with Crippen molar-refractivity contribution in [3.8, 4) is 0 Å². The predicted molar refractivity (Wildman–Crippen MR) is 74.3 cm³/mol. The summed E-state index contributed by atoms with van der Waals surface area (Å²) < 4.78 is 0. The van der Waals surface area contributed by atoms with E-state index >= 15 is 0 Å². The number of nitrogens with zero attached hydrogens (tertiary/aromatic N) is 1. The van der Waals surface area contributed by atoms with Crippen LogP contribution in [0.1, 0.15) is 40.5 Å². The van der Waals surface area contributed by atoms with Gasteiger partial charge in [0.25, 0.3) is 0 Å². The Hall–Kier alpha value is -0.570. The summed E-state index contributed by atoms with van der Waals surface area (Å²) in [5.41, 5.74) is 0.325. The molecule has 0 saturated carbocycles. The molecule has 0 aromatic carbocycles. The first-order chi connectivity index (χ1) is 8.35. The first-order valence-electron chi connectivity index (χ1n) is 7.33. The first kappa shape index (κ1) is 13.9. The number of amides is 1. The molecule has 2 aliphatic rings. The molecule has 0 bridgehead atoms. The Labute approximate surface area is 111 Å². The van der Waals surface area contributed by atoms with Gasteiger partial charge in [0, 0.05) is 32.6 Å². The highest BCUT2D eigenvalue weighted by Crippen LogP contribution is 2.29. The monoisotopic (exact) mass is 252 g/mol. The number of hydrogen-bond donors (Lipinski definition) is 1. The molecule has 2 saturated heterocycles. The number of carbonyl (C=O) groups excluding carboxylic acids is 1. The van der Waals surface area contributed by atoms with Gasteiger partial charge in [-0.1, -0.05) is 27.7 Å². The van der Waals surface area contributed by atoms with Crippen LogP contribution in [0, 0.1) is 23.2 Å². The van der Waals surface area contributed by atoms with Crippen LogP contribution in [0.25, 0.3) is 0 Å². The third-order valence-corrected chi connectivity index (χ3v) is 4.23. The van der Waals surface area contributed by atoms with Gasteiger partial charge in [0.2, 0.25) is 5.91 Å². The molecular weight excluding hydrogens is 224 g/mol. The maximum Gasteiger partial charge on any atom is 0.222 e. The molecule has 0 spiro atoms. The minimum Gasteiger partial charge on any atom is -0.342 e. The number of nitrogens with one attached hydrogen (secondary N) is 1. The third-order valence-electron chi connectivity index (χ3n) is 4.23. The van der Waals surface area contributed by atoms with E-state index in [1.807, 2.05) is 0 Å². The summed E-state index contributed by atoms with van der Waals surface area (Å²) in [5.74, 6) is 2.30. The molecule has 0 aromatic rings. The molecule has 2 aliphatic heterocycles. The van der Waals surface area contributed by atoms with Crippen LogP contribution in [0.3, 0.4) is 0 Å². The summed E-state index contributed by atoms with van der Waals surface area (Å²) >= 11 is 0. The summed E-state index contributed by atoms with van der Waals surface area (Å²) in [6.45, 7) is 13.1. The van der Waals surface area contributed by atoms with Gasteiger partial charge in [0.05, 0.1) is 0 Å². The van der Waals surface area contributed by atoms with Crippen LogP contribution in [-0.2, 0) is 4.79 Å². The van der Waals surface area contributed by atoms with Gasteiger partial charge in [-0.3, -0.25) is 4.79 Å². The molecule has 2 rings (SSSR count). The lowest BCUT2D eigenvalue weighted by molar-refractivity contribution is -0.131. The fourth-order valence-electron chi connectivity index (χ4n) is 3.60. The molecule has 1 amide bonds. The van der Waals surface area contributed by atoms with Gasteiger partial charge in [-0.25, -0.2) is 0 Å². The Morgan fingerprint density at radius 3 is 2.33 bits per heavy atom. The average Bonchev–Trinajstić information content (AvgIpc) is 2.71. The van der Waals surface area contributed by atoms with Crippen molar-refractivity contribution in [3.63, 3.8) is 0 Å². The average molecular weight is 252 g/mol. The van der Waals surface area contributed by atoms with Crippen molar-refractivity contribution in [1.29, 1.82) is 0 Å². The Balaban J connectivity index is 1.78. The largest absolute Gasteiger partial charge is 0.342 e. The summed E-state index contributed by atoms with van der Waals surface area (Å²) in [6.07, 6.45) is 1.85. The van der Waals surface area contributed by atoms with E-state index in [4.69, 9.17) is 0 Å². The molecule has 3 atom stereocenters. The second-order valence-corrected chi connectivity index (χ2v) is 7.55. The quantitative estimate of drug-likeness (QED) is 0.834. The van der Waals surface area contributed by atoms with E-state index in [0.717, 1.165) is 39.0 Å². The molecule has 0 radical (unpaired) electrons. The maximum atomic E-state index is 12.3. The topological polar surface area (TPSA) is 32.3 Å². The summed E-state index contributed by atoms with van der Waals surface area (Å²) in [7, 11) is 0. The van der Waals surface area contributed by atoms with E-state index in [1.165, 1.54) is 0 Å². The van der Waals surface area contributed by atoms with Gasteiger partial charge in [-0.15, -0.1) is 0 Å². The van der Waals surface area contributed by atoms with Crippen LogP contribution in [0.2, 0.25) is 0 Å².